The molecule has 4 N–H and O–H groups in total. The molecule has 1 saturated carbocycles. The summed E-state index contributed by atoms with van der Waals surface area (Å²) in [4.78, 5) is 25.3. The summed E-state index contributed by atoms with van der Waals surface area (Å²) in [7, 11) is 0. The lowest BCUT2D eigenvalue weighted by atomic mass is 9.77. The van der Waals surface area contributed by atoms with Gasteiger partial charge in [0.05, 0.1) is 18.1 Å². The van der Waals surface area contributed by atoms with E-state index in [4.69, 9.17) is 5.73 Å². The van der Waals surface area contributed by atoms with E-state index in [1.165, 1.54) is 4.90 Å². The third kappa shape index (κ3) is 3.87. The predicted molar refractivity (Wildman–Crippen MR) is 79.5 cm³/mol. The SMILES string of the molecule is CC1CCC(CO)(NC(=O)C2CCCN(C(N)=O)C2)CC1. The Bertz CT molecular complexity index is 392. The summed E-state index contributed by atoms with van der Waals surface area (Å²) in [5, 5.41) is 12.8. The van der Waals surface area contributed by atoms with Crippen molar-refractivity contribution >= 4 is 11.9 Å². The van der Waals surface area contributed by atoms with E-state index in [9.17, 15) is 14.7 Å². The second kappa shape index (κ2) is 6.64. The summed E-state index contributed by atoms with van der Waals surface area (Å²) in [6.45, 7) is 3.20. The number of aliphatic hydroxyl groups excluding tert-OH is 1. The molecule has 0 spiro atoms. The van der Waals surface area contributed by atoms with E-state index in [1.54, 1.807) is 0 Å². The molecule has 1 saturated heterocycles. The van der Waals surface area contributed by atoms with Crippen molar-refractivity contribution in [3.8, 4) is 0 Å². The third-order valence-electron chi connectivity index (χ3n) is 5.03. The monoisotopic (exact) mass is 297 g/mol. The van der Waals surface area contributed by atoms with Gasteiger partial charge in [-0.05, 0) is 44.4 Å². The van der Waals surface area contributed by atoms with Gasteiger partial charge in [-0.1, -0.05) is 6.92 Å². The maximum absolute atomic E-state index is 12.5. The van der Waals surface area contributed by atoms with E-state index in [2.05, 4.69) is 12.2 Å². The number of amides is 3. The van der Waals surface area contributed by atoms with Gasteiger partial charge in [0.25, 0.3) is 0 Å². The molecule has 2 aliphatic rings. The number of aliphatic hydroxyl groups is 1. The molecular weight excluding hydrogens is 270 g/mol. The lowest BCUT2D eigenvalue weighted by Gasteiger charge is -2.40. The van der Waals surface area contributed by atoms with E-state index in [1.807, 2.05) is 0 Å². The maximum Gasteiger partial charge on any atom is 0.314 e. The topological polar surface area (TPSA) is 95.7 Å². The molecule has 2 rings (SSSR count). The average molecular weight is 297 g/mol. The normalized spacial score (nSPS) is 33.5. The average Bonchev–Trinajstić information content (AvgIpc) is 2.50. The van der Waals surface area contributed by atoms with Crippen molar-refractivity contribution in [1.29, 1.82) is 0 Å². The number of likely N-dealkylation sites (tertiary alicyclic amines) is 1. The van der Waals surface area contributed by atoms with E-state index in [0.29, 0.717) is 19.0 Å². The first kappa shape index (κ1) is 16.1. The van der Waals surface area contributed by atoms with Crippen LogP contribution in [-0.4, -0.2) is 47.2 Å². The van der Waals surface area contributed by atoms with E-state index >= 15 is 0 Å². The number of carbonyl (C=O) groups is 2. The van der Waals surface area contributed by atoms with Crippen LogP contribution in [0.3, 0.4) is 0 Å². The Morgan fingerprint density at radius 1 is 1.33 bits per heavy atom. The second-order valence-electron chi connectivity index (χ2n) is 6.73. The van der Waals surface area contributed by atoms with Gasteiger partial charge in [-0.15, -0.1) is 0 Å². The third-order valence-corrected chi connectivity index (χ3v) is 5.03. The molecule has 1 heterocycles. The zero-order valence-electron chi connectivity index (χ0n) is 12.8. The quantitative estimate of drug-likeness (QED) is 0.720. The lowest BCUT2D eigenvalue weighted by molar-refractivity contribution is -0.129. The molecule has 2 fully saturated rings. The van der Waals surface area contributed by atoms with E-state index < -0.39 is 11.6 Å². The molecule has 1 aliphatic carbocycles. The van der Waals surface area contributed by atoms with Gasteiger partial charge in [-0.2, -0.15) is 0 Å². The van der Waals surface area contributed by atoms with Crippen LogP contribution in [0, 0.1) is 11.8 Å². The number of piperidine rings is 1. The Labute approximate surface area is 126 Å². The fourth-order valence-electron chi connectivity index (χ4n) is 3.39. The highest BCUT2D eigenvalue weighted by atomic mass is 16.3. The van der Waals surface area contributed by atoms with E-state index in [0.717, 1.165) is 38.5 Å². The molecular formula is C15H27N3O3. The molecule has 0 bridgehead atoms. The number of nitrogens with one attached hydrogen (secondary N) is 1. The zero-order chi connectivity index (χ0) is 15.5. The maximum atomic E-state index is 12.5. The number of urea groups is 1. The number of hydrogen-bond acceptors (Lipinski definition) is 3. The molecule has 21 heavy (non-hydrogen) atoms. The molecule has 3 amide bonds. The number of nitrogens with two attached hydrogens (primary N) is 1. The van der Waals surface area contributed by atoms with E-state index in [-0.39, 0.29) is 18.4 Å². The van der Waals surface area contributed by atoms with Crippen molar-refractivity contribution in [3.63, 3.8) is 0 Å². The van der Waals surface area contributed by atoms with Gasteiger partial charge in [0.2, 0.25) is 5.91 Å². The molecule has 6 heteroatoms. The van der Waals surface area contributed by atoms with Crippen LogP contribution < -0.4 is 11.1 Å². The number of rotatable bonds is 3. The summed E-state index contributed by atoms with van der Waals surface area (Å²) in [5.74, 6) is 0.389. The smallest absolute Gasteiger partial charge is 0.314 e. The zero-order valence-corrected chi connectivity index (χ0v) is 12.8. The first-order valence-corrected chi connectivity index (χ1v) is 7.93. The van der Waals surface area contributed by atoms with Gasteiger partial charge in [-0.3, -0.25) is 4.79 Å². The van der Waals surface area contributed by atoms with Crippen LogP contribution in [0.25, 0.3) is 0 Å². The highest BCUT2D eigenvalue weighted by molar-refractivity contribution is 5.81. The van der Waals surface area contributed by atoms with Gasteiger partial charge in [0.1, 0.15) is 0 Å². The van der Waals surface area contributed by atoms with Gasteiger partial charge in [0.15, 0.2) is 0 Å². The molecule has 120 valence electrons. The summed E-state index contributed by atoms with van der Waals surface area (Å²) in [6, 6.07) is -0.462. The van der Waals surface area contributed by atoms with Crippen molar-refractivity contribution in [1.82, 2.24) is 10.2 Å². The minimum absolute atomic E-state index is 0.0162. The Balaban J connectivity index is 1.94. The molecule has 6 nitrogen and oxygen atoms in total. The molecule has 0 aromatic carbocycles. The number of carbonyl (C=O) groups excluding carboxylic acids is 2. The molecule has 0 aromatic rings. The molecule has 0 radical (unpaired) electrons. The fourth-order valence-corrected chi connectivity index (χ4v) is 3.39. The largest absolute Gasteiger partial charge is 0.394 e. The van der Waals surface area contributed by atoms with Crippen molar-refractivity contribution in [2.24, 2.45) is 17.6 Å². The molecule has 1 atom stereocenters. The van der Waals surface area contributed by atoms with Gasteiger partial charge in [-0.25, -0.2) is 4.79 Å². The molecule has 0 aromatic heterocycles. The van der Waals surface area contributed by atoms with Crippen molar-refractivity contribution in [2.75, 3.05) is 19.7 Å². The highest BCUT2D eigenvalue weighted by Gasteiger charge is 2.37. The second-order valence-corrected chi connectivity index (χ2v) is 6.73. The van der Waals surface area contributed by atoms with Crippen LogP contribution in [0.5, 0.6) is 0 Å². The van der Waals surface area contributed by atoms with Gasteiger partial charge in [0, 0.05) is 13.1 Å². The summed E-state index contributed by atoms with van der Waals surface area (Å²) in [6.07, 6.45) is 5.26. The standard InChI is InChI=1S/C15H27N3O3/c1-11-4-6-15(10-19,7-5-11)17-13(20)12-3-2-8-18(9-12)14(16)21/h11-12,19H,2-10H2,1H3,(H2,16,21)(H,17,20). The van der Waals surface area contributed by atoms with Gasteiger partial charge < -0.3 is 21.1 Å². The number of primary amides is 1. The van der Waals surface area contributed by atoms with Crippen molar-refractivity contribution < 1.29 is 14.7 Å². The Morgan fingerprint density at radius 2 is 2.00 bits per heavy atom. The van der Waals surface area contributed by atoms with Crippen molar-refractivity contribution in [3.05, 3.63) is 0 Å². The first-order valence-electron chi connectivity index (χ1n) is 7.93. The summed E-state index contributed by atoms with van der Waals surface area (Å²) < 4.78 is 0. The Morgan fingerprint density at radius 3 is 2.57 bits per heavy atom. The van der Waals surface area contributed by atoms with Crippen LogP contribution in [-0.2, 0) is 4.79 Å². The van der Waals surface area contributed by atoms with Crippen LogP contribution >= 0.6 is 0 Å². The first-order chi connectivity index (χ1) is 9.96. The van der Waals surface area contributed by atoms with Crippen molar-refractivity contribution in [2.45, 2.75) is 51.0 Å². The Kier molecular flexibility index (Phi) is 5.08. The summed E-state index contributed by atoms with van der Waals surface area (Å²) in [5.41, 5.74) is 4.82. The van der Waals surface area contributed by atoms with Crippen LogP contribution in [0.2, 0.25) is 0 Å². The fraction of sp³-hybridized carbons (Fsp3) is 0.867. The molecule has 1 unspecified atom stereocenters. The predicted octanol–water partition coefficient (Wildman–Crippen LogP) is 0.834. The highest BCUT2D eigenvalue weighted by Crippen LogP contribution is 2.32. The van der Waals surface area contributed by atoms with Crippen LogP contribution in [0.4, 0.5) is 4.79 Å². The summed E-state index contributed by atoms with van der Waals surface area (Å²) >= 11 is 0. The minimum Gasteiger partial charge on any atom is -0.394 e. The lowest BCUT2D eigenvalue weighted by Crippen LogP contribution is -2.57. The minimum atomic E-state index is -0.474. The Hall–Kier alpha value is -1.30. The van der Waals surface area contributed by atoms with Crippen LogP contribution in [0.1, 0.15) is 45.4 Å². The molecule has 1 aliphatic heterocycles. The van der Waals surface area contributed by atoms with Crippen LogP contribution in [0.15, 0.2) is 0 Å². The van der Waals surface area contributed by atoms with Gasteiger partial charge >= 0.3 is 6.03 Å². The number of nitrogens with zero attached hydrogens (tertiary/aromatic N) is 1. The number of hydrogen-bond donors (Lipinski definition) is 3.